The molecule has 3 rings (SSSR count). The first kappa shape index (κ1) is 12.8. The van der Waals surface area contributed by atoms with Gasteiger partial charge in [0.2, 0.25) is 0 Å². The second kappa shape index (κ2) is 5.41. The molecule has 0 radical (unpaired) electrons. The molecule has 1 N–H and O–H groups in total. The summed E-state index contributed by atoms with van der Waals surface area (Å²) in [5.74, 6) is 2.72. The van der Waals surface area contributed by atoms with Gasteiger partial charge in [-0.05, 0) is 69.3 Å². The second-order valence-electron chi connectivity index (χ2n) is 5.72. The van der Waals surface area contributed by atoms with Crippen LogP contribution in [0.1, 0.15) is 29.5 Å². The van der Waals surface area contributed by atoms with E-state index in [4.69, 9.17) is 9.47 Å². The molecule has 1 aromatic rings. The monoisotopic (exact) mass is 261 g/mol. The molecule has 2 aliphatic rings. The van der Waals surface area contributed by atoms with Crippen LogP contribution in [0.3, 0.4) is 0 Å². The molecule has 2 heterocycles. The molecule has 0 aliphatic carbocycles. The van der Waals surface area contributed by atoms with Crippen LogP contribution in [-0.4, -0.2) is 26.3 Å². The molecule has 0 amide bonds. The van der Waals surface area contributed by atoms with Crippen molar-refractivity contribution in [1.82, 2.24) is 5.32 Å². The average molecular weight is 261 g/mol. The van der Waals surface area contributed by atoms with E-state index in [2.05, 4.69) is 25.2 Å². The van der Waals surface area contributed by atoms with Crippen LogP contribution < -0.4 is 14.8 Å². The van der Waals surface area contributed by atoms with Gasteiger partial charge in [-0.3, -0.25) is 0 Å². The van der Waals surface area contributed by atoms with E-state index in [1.54, 1.807) is 0 Å². The molecule has 3 heteroatoms. The molecule has 0 spiro atoms. The summed E-state index contributed by atoms with van der Waals surface area (Å²) in [5.41, 5.74) is 4.07. The molecule has 104 valence electrons. The highest BCUT2D eigenvalue weighted by Crippen LogP contribution is 2.39. The van der Waals surface area contributed by atoms with E-state index in [0.29, 0.717) is 13.2 Å². The van der Waals surface area contributed by atoms with Crippen LogP contribution >= 0.6 is 0 Å². The van der Waals surface area contributed by atoms with Crippen molar-refractivity contribution in [3.8, 4) is 11.5 Å². The van der Waals surface area contributed by atoms with E-state index in [9.17, 15) is 0 Å². The Morgan fingerprint density at radius 1 is 1.16 bits per heavy atom. The quantitative estimate of drug-likeness (QED) is 0.887. The van der Waals surface area contributed by atoms with Gasteiger partial charge in [0.25, 0.3) is 0 Å². The van der Waals surface area contributed by atoms with Crippen molar-refractivity contribution in [2.75, 3.05) is 26.3 Å². The molecule has 0 unspecified atom stereocenters. The zero-order chi connectivity index (χ0) is 13.2. The molecular formula is C16H23NO2. The summed E-state index contributed by atoms with van der Waals surface area (Å²) in [7, 11) is 0. The van der Waals surface area contributed by atoms with Crippen molar-refractivity contribution >= 4 is 0 Å². The Labute approximate surface area is 115 Å². The minimum absolute atomic E-state index is 0.669. The maximum Gasteiger partial charge on any atom is 0.164 e. The standard InChI is InChI=1S/C16H23NO2/c1-11-9-15-16(19-8-7-18-15)14(12(11)2)10-13-3-5-17-6-4-13/h9,13,17H,3-8,10H2,1-2H3. The molecular weight excluding hydrogens is 238 g/mol. The van der Waals surface area contributed by atoms with Crippen LogP contribution in [-0.2, 0) is 6.42 Å². The number of hydrogen-bond donors (Lipinski definition) is 1. The summed E-state index contributed by atoms with van der Waals surface area (Å²) >= 11 is 0. The predicted molar refractivity (Wildman–Crippen MR) is 76.2 cm³/mol. The van der Waals surface area contributed by atoms with Gasteiger partial charge in [0.05, 0.1) is 0 Å². The van der Waals surface area contributed by atoms with Gasteiger partial charge in [0, 0.05) is 5.56 Å². The van der Waals surface area contributed by atoms with Crippen molar-refractivity contribution < 1.29 is 9.47 Å². The SMILES string of the molecule is Cc1cc2c(c(CC3CCNCC3)c1C)OCCO2. The zero-order valence-electron chi connectivity index (χ0n) is 11.9. The Bertz CT molecular complexity index is 464. The molecule has 2 aliphatic heterocycles. The Morgan fingerprint density at radius 3 is 2.68 bits per heavy atom. The molecule has 1 saturated heterocycles. The lowest BCUT2D eigenvalue weighted by Gasteiger charge is -2.27. The van der Waals surface area contributed by atoms with Crippen molar-refractivity contribution in [2.24, 2.45) is 5.92 Å². The van der Waals surface area contributed by atoms with Crippen molar-refractivity contribution in [1.29, 1.82) is 0 Å². The minimum atomic E-state index is 0.669. The van der Waals surface area contributed by atoms with Gasteiger partial charge in [-0.15, -0.1) is 0 Å². The maximum absolute atomic E-state index is 5.89. The first-order valence-electron chi connectivity index (χ1n) is 7.35. The van der Waals surface area contributed by atoms with E-state index < -0.39 is 0 Å². The number of nitrogens with one attached hydrogen (secondary N) is 1. The van der Waals surface area contributed by atoms with Gasteiger partial charge in [-0.25, -0.2) is 0 Å². The molecule has 1 aromatic carbocycles. The lowest BCUT2D eigenvalue weighted by atomic mass is 9.87. The van der Waals surface area contributed by atoms with Crippen LogP contribution in [0, 0.1) is 19.8 Å². The van der Waals surface area contributed by atoms with Crippen LogP contribution in [0.25, 0.3) is 0 Å². The van der Waals surface area contributed by atoms with Gasteiger partial charge < -0.3 is 14.8 Å². The predicted octanol–water partition coefficient (Wildman–Crippen LogP) is 2.62. The fraction of sp³-hybridized carbons (Fsp3) is 0.625. The van der Waals surface area contributed by atoms with E-state index >= 15 is 0 Å². The van der Waals surface area contributed by atoms with E-state index in [-0.39, 0.29) is 0 Å². The highest BCUT2D eigenvalue weighted by atomic mass is 16.6. The maximum atomic E-state index is 5.89. The van der Waals surface area contributed by atoms with E-state index in [0.717, 1.165) is 36.9 Å². The lowest BCUT2D eigenvalue weighted by Crippen LogP contribution is -2.29. The number of aryl methyl sites for hydroxylation is 1. The zero-order valence-corrected chi connectivity index (χ0v) is 11.9. The first-order chi connectivity index (χ1) is 9.25. The topological polar surface area (TPSA) is 30.5 Å². The number of fused-ring (bicyclic) bond motifs is 1. The number of rotatable bonds is 2. The highest BCUT2D eigenvalue weighted by Gasteiger charge is 2.23. The smallest absolute Gasteiger partial charge is 0.164 e. The van der Waals surface area contributed by atoms with Gasteiger partial charge in [0.1, 0.15) is 13.2 Å². The molecule has 0 aromatic heterocycles. The minimum Gasteiger partial charge on any atom is -0.486 e. The Balaban J connectivity index is 1.91. The normalized spacial score (nSPS) is 19.5. The molecule has 0 atom stereocenters. The summed E-state index contributed by atoms with van der Waals surface area (Å²) in [6.07, 6.45) is 3.66. The summed E-state index contributed by atoms with van der Waals surface area (Å²) in [5, 5.41) is 3.43. The highest BCUT2D eigenvalue weighted by molar-refractivity contribution is 5.54. The van der Waals surface area contributed by atoms with Gasteiger partial charge in [-0.2, -0.15) is 0 Å². The third-order valence-corrected chi connectivity index (χ3v) is 4.43. The molecule has 3 nitrogen and oxygen atoms in total. The number of benzene rings is 1. The molecule has 1 fully saturated rings. The second-order valence-corrected chi connectivity index (χ2v) is 5.72. The number of hydrogen-bond acceptors (Lipinski definition) is 3. The third-order valence-electron chi connectivity index (χ3n) is 4.43. The van der Waals surface area contributed by atoms with Crippen LogP contribution in [0.2, 0.25) is 0 Å². The molecule has 0 bridgehead atoms. The Kier molecular flexibility index (Phi) is 3.65. The van der Waals surface area contributed by atoms with Crippen LogP contribution in [0.4, 0.5) is 0 Å². The first-order valence-corrected chi connectivity index (χ1v) is 7.35. The van der Waals surface area contributed by atoms with Crippen molar-refractivity contribution in [3.63, 3.8) is 0 Å². The van der Waals surface area contributed by atoms with E-state index in [1.165, 1.54) is 29.5 Å². The summed E-state index contributed by atoms with van der Waals surface area (Å²) in [6.45, 7) is 8.02. The average Bonchev–Trinajstić information content (AvgIpc) is 2.45. The van der Waals surface area contributed by atoms with Crippen molar-refractivity contribution in [2.45, 2.75) is 33.1 Å². The third kappa shape index (κ3) is 2.57. The summed E-state index contributed by atoms with van der Waals surface area (Å²) in [6, 6.07) is 2.12. The number of piperidine rings is 1. The number of ether oxygens (including phenoxy) is 2. The van der Waals surface area contributed by atoms with E-state index in [1.807, 2.05) is 0 Å². The van der Waals surface area contributed by atoms with Crippen LogP contribution in [0.15, 0.2) is 6.07 Å². The Morgan fingerprint density at radius 2 is 1.89 bits per heavy atom. The fourth-order valence-corrected chi connectivity index (χ4v) is 3.11. The molecule has 19 heavy (non-hydrogen) atoms. The van der Waals surface area contributed by atoms with Crippen LogP contribution in [0.5, 0.6) is 11.5 Å². The summed E-state index contributed by atoms with van der Waals surface area (Å²) in [4.78, 5) is 0. The lowest BCUT2D eigenvalue weighted by molar-refractivity contribution is 0.168. The van der Waals surface area contributed by atoms with Crippen molar-refractivity contribution in [3.05, 3.63) is 22.8 Å². The fourth-order valence-electron chi connectivity index (χ4n) is 3.11. The Hall–Kier alpha value is -1.22. The van der Waals surface area contributed by atoms with Gasteiger partial charge >= 0.3 is 0 Å². The summed E-state index contributed by atoms with van der Waals surface area (Å²) < 4.78 is 11.6. The largest absolute Gasteiger partial charge is 0.486 e. The van der Waals surface area contributed by atoms with Gasteiger partial charge in [0.15, 0.2) is 11.5 Å². The van der Waals surface area contributed by atoms with Gasteiger partial charge in [-0.1, -0.05) is 0 Å². The molecule has 0 saturated carbocycles.